The molecule has 0 aromatic heterocycles. The van der Waals surface area contributed by atoms with Crippen LogP contribution in [0.25, 0.3) is 0 Å². The molecular weight excluding hydrogens is 748 g/mol. The van der Waals surface area contributed by atoms with Crippen molar-refractivity contribution in [3.8, 4) is 5.75 Å². The predicted molar refractivity (Wildman–Crippen MR) is 185 cm³/mol. The molecule has 4 aliphatic rings. The van der Waals surface area contributed by atoms with Crippen molar-refractivity contribution in [3.63, 3.8) is 0 Å². The maximum Gasteiger partial charge on any atom is 0.460 e. The Morgan fingerprint density at radius 1 is 0.945 bits per heavy atom. The summed E-state index contributed by atoms with van der Waals surface area (Å²) in [5.41, 5.74) is 2.06. The zero-order chi connectivity index (χ0) is 40.4. The first-order valence-electron chi connectivity index (χ1n) is 19.9. The van der Waals surface area contributed by atoms with Crippen LogP contribution in [0.5, 0.6) is 5.75 Å². The largest absolute Gasteiger partial charge is 0.460 e. The Bertz CT molecular complexity index is 1440. The fraction of sp³-hybridized carbons (Fsp3) is 0.825. The van der Waals surface area contributed by atoms with E-state index in [0.29, 0.717) is 64.0 Å². The molecule has 0 radical (unpaired) electrons. The number of carbonyl (C=O) groups is 1. The highest BCUT2D eigenvalue weighted by Crippen LogP contribution is 2.63. The molecule has 3 aliphatic carbocycles. The lowest BCUT2D eigenvalue weighted by Crippen LogP contribution is -2.60. The number of ether oxygens (including phenoxy) is 2. The number of nitrogens with zero attached hydrogens (tertiary/aromatic N) is 1. The molecule has 15 heteroatoms. The molecule has 1 aromatic rings. The first-order valence-corrected chi connectivity index (χ1v) is 19.9. The number of carbonyl (C=O) groups excluding carboxylic acids is 1. The Morgan fingerprint density at radius 3 is 2.35 bits per heavy atom. The van der Waals surface area contributed by atoms with Gasteiger partial charge in [-0.15, -0.1) is 0 Å². The number of halogens is 10. The Morgan fingerprint density at radius 2 is 1.65 bits per heavy atom. The quantitative estimate of drug-likeness (QED) is 0.0736. The van der Waals surface area contributed by atoms with Crippen molar-refractivity contribution in [2.24, 2.45) is 23.2 Å². The van der Waals surface area contributed by atoms with Gasteiger partial charge in [-0.3, -0.25) is 0 Å². The summed E-state index contributed by atoms with van der Waals surface area (Å²) < 4.78 is 145. The van der Waals surface area contributed by atoms with Crippen molar-refractivity contribution in [2.75, 3.05) is 26.7 Å². The molecule has 5 nitrogen and oxygen atoms in total. The highest BCUT2D eigenvalue weighted by atomic mass is 19.4. The number of alkyl halides is 10. The van der Waals surface area contributed by atoms with Crippen LogP contribution in [-0.2, 0) is 16.0 Å². The van der Waals surface area contributed by atoms with E-state index in [1.165, 1.54) is 5.56 Å². The molecule has 2 saturated carbocycles. The second-order valence-electron chi connectivity index (χ2n) is 16.8. The Labute approximate surface area is 316 Å². The van der Waals surface area contributed by atoms with Gasteiger partial charge >= 0.3 is 29.9 Å². The lowest BCUT2D eigenvalue weighted by atomic mass is 9.52. The van der Waals surface area contributed by atoms with Gasteiger partial charge in [0.05, 0.1) is 6.10 Å². The third-order valence-corrected chi connectivity index (χ3v) is 13.1. The fourth-order valence-electron chi connectivity index (χ4n) is 9.93. The topological polar surface area (TPSA) is 59.0 Å². The van der Waals surface area contributed by atoms with Crippen molar-refractivity contribution < 1.29 is 63.3 Å². The van der Waals surface area contributed by atoms with Gasteiger partial charge in [0.15, 0.2) is 6.10 Å². The summed E-state index contributed by atoms with van der Waals surface area (Å²) >= 11 is 0. The first kappa shape index (κ1) is 44.0. The summed E-state index contributed by atoms with van der Waals surface area (Å²) in [5.74, 6) is -18.2. The van der Waals surface area contributed by atoms with E-state index in [0.717, 1.165) is 44.1 Å². The van der Waals surface area contributed by atoms with Crippen LogP contribution in [0, 0.1) is 23.2 Å². The van der Waals surface area contributed by atoms with Crippen LogP contribution < -0.4 is 4.74 Å². The molecule has 0 amide bonds. The van der Waals surface area contributed by atoms with E-state index in [1.807, 2.05) is 17.0 Å². The van der Waals surface area contributed by atoms with E-state index < -0.39 is 55.0 Å². The summed E-state index contributed by atoms with van der Waals surface area (Å²) in [4.78, 5) is 14.7. The second-order valence-corrected chi connectivity index (χ2v) is 16.8. The molecule has 0 bridgehead atoms. The van der Waals surface area contributed by atoms with Crippen molar-refractivity contribution in [2.45, 2.75) is 158 Å². The van der Waals surface area contributed by atoms with Crippen LogP contribution in [0.3, 0.4) is 0 Å². The standard InChI is InChI=1S/C40H55F10NO4/c1-36-18-16-30-29-13-12-28(55-35(53)32-11-5-8-21-54-32)24-25(29)22-26(34(30)31(36)14-15-33(36)52)23-27(41)10-9-20-51(2)19-7-4-3-6-17-37(42,43)38(44,45)39(46,47)40(48,49)50/h12-13,24,26-27,30-34,52H,3-11,14-23H2,1-2H3/t26-,27?,30+,31-,32?,33-,34+,36-/m0/s1. The van der Waals surface area contributed by atoms with Crippen LogP contribution >= 0.6 is 0 Å². The average molecular weight is 804 g/mol. The number of unbranched alkanes of at least 4 members (excludes halogenated alkanes) is 3. The molecule has 8 atom stereocenters. The molecule has 1 saturated heterocycles. The van der Waals surface area contributed by atoms with E-state index in [4.69, 9.17) is 9.47 Å². The molecule has 3 fully saturated rings. The van der Waals surface area contributed by atoms with Crippen molar-refractivity contribution >= 4 is 5.97 Å². The highest BCUT2D eigenvalue weighted by Gasteiger charge is 2.81. The molecule has 1 heterocycles. The average Bonchev–Trinajstić information content (AvgIpc) is 3.42. The van der Waals surface area contributed by atoms with Crippen molar-refractivity contribution in [1.29, 1.82) is 0 Å². The number of rotatable bonds is 17. The van der Waals surface area contributed by atoms with Crippen LogP contribution in [0.4, 0.5) is 43.9 Å². The number of hydrogen-bond donors (Lipinski definition) is 1. The lowest BCUT2D eigenvalue weighted by molar-refractivity contribution is -0.396. The van der Waals surface area contributed by atoms with Gasteiger partial charge in [-0.2, -0.15) is 39.5 Å². The second kappa shape index (κ2) is 17.4. The summed E-state index contributed by atoms with van der Waals surface area (Å²) in [6.45, 7) is 3.70. The SMILES string of the molecule is CN(CCCCCCC(F)(F)C(F)(F)C(F)(F)C(F)(F)F)CCCC(F)C[C@@H]1Cc2cc(OC(=O)C3CCCCO3)ccc2[C@H]2CC[C@]3(C)[C@@H](O)CC[C@H]3[C@H]12. The van der Waals surface area contributed by atoms with E-state index in [2.05, 4.69) is 13.0 Å². The molecule has 55 heavy (non-hydrogen) atoms. The maximum atomic E-state index is 15.9. The number of esters is 1. The van der Waals surface area contributed by atoms with Gasteiger partial charge in [0, 0.05) is 13.0 Å². The summed E-state index contributed by atoms with van der Waals surface area (Å²) in [6.07, 6.45) is -3.01. The third kappa shape index (κ3) is 9.44. The number of aliphatic hydroxyl groups is 1. The van der Waals surface area contributed by atoms with Crippen molar-refractivity contribution in [3.05, 3.63) is 29.3 Å². The minimum atomic E-state index is -6.86. The van der Waals surface area contributed by atoms with Gasteiger partial charge in [0.1, 0.15) is 11.9 Å². The summed E-state index contributed by atoms with van der Waals surface area (Å²) in [5, 5.41) is 11.0. The summed E-state index contributed by atoms with van der Waals surface area (Å²) in [6, 6.07) is 5.82. The minimum Gasteiger partial charge on any atom is -0.425 e. The zero-order valence-electron chi connectivity index (χ0n) is 31.6. The predicted octanol–water partition coefficient (Wildman–Crippen LogP) is 10.5. The minimum absolute atomic E-state index is 0.0276. The molecule has 5 rings (SSSR count). The van der Waals surface area contributed by atoms with E-state index in [1.54, 1.807) is 7.05 Å². The highest BCUT2D eigenvalue weighted by molar-refractivity contribution is 5.77. The number of hydrogen-bond acceptors (Lipinski definition) is 5. The maximum absolute atomic E-state index is 15.9. The van der Waals surface area contributed by atoms with E-state index in [-0.39, 0.29) is 48.0 Å². The van der Waals surface area contributed by atoms with Crippen LogP contribution in [0.15, 0.2) is 18.2 Å². The van der Waals surface area contributed by atoms with Gasteiger partial charge in [0.2, 0.25) is 0 Å². The van der Waals surface area contributed by atoms with E-state index in [9.17, 15) is 49.4 Å². The van der Waals surface area contributed by atoms with Crippen LogP contribution in [-0.4, -0.2) is 85.0 Å². The number of aliphatic hydroxyl groups excluding tert-OH is 1. The molecule has 1 aliphatic heterocycles. The number of benzene rings is 1. The molecule has 2 unspecified atom stereocenters. The number of fused-ring (bicyclic) bond motifs is 5. The van der Waals surface area contributed by atoms with Gasteiger partial charge in [-0.1, -0.05) is 25.8 Å². The van der Waals surface area contributed by atoms with Gasteiger partial charge in [-0.05, 0) is 156 Å². The monoisotopic (exact) mass is 803 g/mol. The normalized spacial score (nSPS) is 29.4. The van der Waals surface area contributed by atoms with Gasteiger partial charge in [0.25, 0.3) is 0 Å². The van der Waals surface area contributed by atoms with Gasteiger partial charge < -0.3 is 19.5 Å². The molecule has 0 spiro atoms. The first-order chi connectivity index (χ1) is 25.7. The Balaban J connectivity index is 1.10. The molecule has 314 valence electrons. The van der Waals surface area contributed by atoms with Crippen LogP contribution in [0.1, 0.15) is 120 Å². The lowest BCUT2D eigenvalue weighted by Gasteiger charge is -2.53. The zero-order valence-corrected chi connectivity index (χ0v) is 31.6. The molecule has 1 N–H and O–H groups in total. The Kier molecular flexibility index (Phi) is 13.9. The fourth-order valence-corrected chi connectivity index (χ4v) is 9.93. The van der Waals surface area contributed by atoms with Crippen LogP contribution in [0.2, 0.25) is 0 Å². The Hall–Kier alpha value is -2.13. The third-order valence-electron chi connectivity index (χ3n) is 13.1. The van der Waals surface area contributed by atoms with E-state index >= 15 is 4.39 Å². The smallest absolute Gasteiger partial charge is 0.425 e. The van der Waals surface area contributed by atoms with Crippen molar-refractivity contribution in [1.82, 2.24) is 4.90 Å². The summed E-state index contributed by atoms with van der Waals surface area (Å²) in [7, 11) is 1.79. The van der Waals surface area contributed by atoms with Gasteiger partial charge in [-0.25, -0.2) is 9.18 Å². The molecule has 1 aromatic carbocycles. The molecular formula is C40H55F10NO4.